The summed E-state index contributed by atoms with van der Waals surface area (Å²) < 4.78 is 36.1. The predicted octanol–water partition coefficient (Wildman–Crippen LogP) is 7.33. The molecular weight excluding hydrogens is 1310 g/mol. The van der Waals surface area contributed by atoms with Gasteiger partial charge in [0.1, 0.15) is 47.2 Å². The summed E-state index contributed by atoms with van der Waals surface area (Å²) in [6, 6.07) is 27.7. The van der Waals surface area contributed by atoms with Crippen LogP contribution < -0.4 is 47.3 Å². The topological polar surface area (TPSA) is 352 Å². The van der Waals surface area contributed by atoms with Gasteiger partial charge in [0.2, 0.25) is 29.5 Å². The van der Waals surface area contributed by atoms with Crippen molar-refractivity contribution in [2.24, 2.45) is 17.6 Å². The highest BCUT2D eigenvalue weighted by atomic mass is 16.6. The van der Waals surface area contributed by atoms with Gasteiger partial charge in [-0.3, -0.25) is 33.7 Å². The van der Waals surface area contributed by atoms with E-state index in [4.69, 9.17) is 39.1 Å². The van der Waals surface area contributed by atoms with E-state index >= 15 is 0 Å². The van der Waals surface area contributed by atoms with Gasteiger partial charge in [0.05, 0.1) is 90.7 Å². The maximum atomic E-state index is 13.8. The number of aromatic amines is 1. The number of ether oxygens (including phenoxy) is 6. The average Bonchev–Trinajstić information content (AvgIpc) is 1.48. The molecule has 28 heteroatoms. The zero-order chi connectivity index (χ0) is 72.2. The fourth-order valence-corrected chi connectivity index (χ4v) is 12.2. The molecule has 546 valence electrons. The second kappa shape index (κ2) is 39.4. The van der Waals surface area contributed by atoms with Crippen LogP contribution in [0.2, 0.25) is 0 Å². The van der Waals surface area contributed by atoms with Crippen LogP contribution in [-0.4, -0.2) is 181 Å². The number of hydrogen-bond acceptors (Lipinski definition) is 19. The third-order valence-corrected chi connectivity index (χ3v) is 17.5. The summed E-state index contributed by atoms with van der Waals surface area (Å²) >= 11 is 0. The minimum Gasteiger partial charge on any atom is -0.496 e. The van der Waals surface area contributed by atoms with Gasteiger partial charge in [-0.1, -0.05) is 100 Å². The first-order valence-electron chi connectivity index (χ1n) is 35.1. The number of aromatic nitrogens is 6. The molecule has 2 aliphatic rings. The molecule has 5 heterocycles. The summed E-state index contributed by atoms with van der Waals surface area (Å²) in [7, 11) is 1.69. The average molecular weight is 1400 g/mol. The quantitative estimate of drug-likeness (QED) is 0.0137. The molecule has 0 radical (unpaired) electrons. The first kappa shape index (κ1) is 76.3. The van der Waals surface area contributed by atoms with Crippen molar-refractivity contribution in [1.29, 1.82) is 0 Å². The van der Waals surface area contributed by atoms with Crippen LogP contribution in [0.1, 0.15) is 107 Å². The van der Waals surface area contributed by atoms with Gasteiger partial charge in [0, 0.05) is 87.1 Å². The van der Waals surface area contributed by atoms with Gasteiger partial charge in [0.25, 0.3) is 0 Å². The van der Waals surface area contributed by atoms with Crippen LogP contribution in [0.3, 0.4) is 0 Å². The third-order valence-electron chi connectivity index (χ3n) is 17.5. The number of unbranched alkanes of at least 4 members (excludes halogenated alkanes) is 2. The number of anilines is 3. The highest BCUT2D eigenvalue weighted by Crippen LogP contribution is 2.40. The van der Waals surface area contributed by atoms with E-state index in [0.717, 1.165) is 113 Å². The maximum absolute atomic E-state index is 13.8. The van der Waals surface area contributed by atoms with Crippen LogP contribution in [-0.2, 0) is 78.7 Å². The Bertz CT molecular complexity index is 3910. The number of carbonyl (C=O) groups is 7. The Morgan fingerprint density at radius 3 is 2.11 bits per heavy atom. The zero-order valence-corrected chi connectivity index (χ0v) is 59.0. The highest BCUT2D eigenvalue weighted by Gasteiger charge is 2.32. The molecular formula is C74H97N15O13. The van der Waals surface area contributed by atoms with E-state index in [9.17, 15) is 33.6 Å². The Morgan fingerprint density at radius 2 is 1.38 bits per heavy atom. The van der Waals surface area contributed by atoms with Gasteiger partial charge in [0.15, 0.2) is 5.82 Å². The normalized spacial score (nSPS) is 13.3. The third kappa shape index (κ3) is 22.8. The van der Waals surface area contributed by atoms with Crippen LogP contribution in [0.25, 0.3) is 33.5 Å². The lowest BCUT2D eigenvalue weighted by Gasteiger charge is -2.39. The molecule has 4 aromatic carbocycles. The zero-order valence-electron chi connectivity index (χ0n) is 59.0. The molecule has 102 heavy (non-hydrogen) atoms. The van der Waals surface area contributed by atoms with Gasteiger partial charge in [-0.25, -0.2) is 14.8 Å². The molecule has 0 spiro atoms. The SMILES string of the molecule is CCCCCNc1nc(C)nc2ccn(Cc3ccc(CN4CC(CC(=O)OCc5ccc(NC(=O)[C@H](CCCNC(N)=O)NC(=O)[C@@H](NC(=O)CCOCCOCCOCCOCCNC(=O)CCC(=O)N6Cc7ccccc7-c7n[nH]nc7-c7ccccc76)C(C)C)cc5)C4)cc3OC)c12. The second-order valence-electron chi connectivity index (χ2n) is 25.7. The number of methoxy groups -OCH3 is 1. The number of carbonyl (C=O) groups excluding carboxylic acids is 7. The molecule has 0 saturated carbocycles. The monoisotopic (exact) mass is 1400 g/mol. The number of H-pyrrole nitrogens is 1. The van der Waals surface area contributed by atoms with E-state index in [1.807, 2.05) is 67.7 Å². The molecule has 7 amide bonds. The van der Waals surface area contributed by atoms with Crippen molar-refractivity contribution < 1.29 is 62.0 Å². The van der Waals surface area contributed by atoms with Crippen molar-refractivity contribution in [1.82, 2.24) is 56.1 Å². The van der Waals surface area contributed by atoms with Crippen LogP contribution in [0.5, 0.6) is 5.75 Å². The molecule has 2 aliphatic heterocycles. The fourth-order valence-electron chi connectivity index (χ4n) is 12.2. The lowest BCUT2D eigenvalue weighted by molar-refractivity contribution is -0.147. The molecule has 2 atom stereocenters. The highest BCUT2D eigenvalue weighted by molar-refractivity contribution is 6.01. The number of nitrogens with one attached hydrogen (secondary N) is 7. The molecule has 3 aromatic heterocycles. The number of primary amides is 1. The predicted molar refractivity (Wildman–Crippen MR) is 385 cm³/mol. The minimum atomic E-state index is -1.05. The molecule has 0 aliphatic carbocycles. The number of amides is 7. The van der Waals surface area contributed by atoms with E-state index in [2.05, 4.69) is 86.9 Å². The first-order chi connectivity index (χ1) is 49.5. The Morgan fingerprint density at radius 1 is 0.686 bits per heavy atom. The van der Waals surface area contributed by atoms with Crippen molar-refractivity contribution >= 4 is 69.8 Å². The number of nitrogens with two attached hydrogens (primary N) is 1. The lowest BCUT2D eigenvalue weighted by Crippen LogP contribution is -2.54. The number of fused-ring (bicyclic) bond motifs is 6. The molecule has 1 saturated heterocycles. The molecule has 0 unspecified atom stereocenters. The molecule has 7 aromatic rings. The number of hydrogen-bond donors (Lipinski definition) is 8. The number of likely N-dealkylation sites (tertiary alicyclic amines) is 1. The Balaban J connectivity index is 0.605. The summed E-state index contributed by atoms with van der Waals surface area (Å²) in [5.41, 5.74) is 15.1. The van der Waals surface area contributed by atoms with Gasteiger partial charge < -0.3 is 75.5 Å². The van der Waals surface area contributed by atoms with Gasteiger partial charge in [-0.2, -0.15) is 15.4 Å². The maximum Gasteiger partial charge on any atom is 0.312 e. The van der Waals surface area contributed by atoms with E-state index in [0.29, 0.717) is 63.0 Å². The van der Waals surface area contributed by atoms with Crippen molar-refractivity contribution in [3.8, 4) is 28.3 Å². The number of aryl methyl sites for hydroxylation is 1. The smallest absolute Gasteiger partial charge is 0.312 e. The van der Waals surface area contributed by atoms with Crippen molar-refractivity contribution in [3.63, 3.8) is 0 Å². The van der Waals surface area contributed by atoms with E-state index < -0.39 is 35.8 Å². The van der Waals surface area contributed by atoms with Gasteiger partial charge in [-0.05, 0) is 85.0 Å². The van der Waals surface area contributed by atoms with Crippen LogP contribution in [0.15, 0.2) is 103 Å². The summed E-state index contributed by atoms with van der Waals surface area (Å²) in [5.74, 6) is -0.0725. The Kier molecular flexibility index (Phi) is 29.5. The summed E-state index contributed by atoms with van der Waals surface area (Å²) in [5, 5.41) is 28.8. The van der Waals surface area contributed by atoms with Crippen molar-refractivity contribution in [3.05, 3.63) is 131 Å². The number of rotatable bonds is 42. The molecule has 9 rings (SSSR count). The van der Waals surface area contributed by atoms with Crippen molar-refractivity contribution in [2.45, 2.75) is 124 Å². The number of benzene rings is 4. The van der Waals surface area contributed by atoms with Crippen molar-refractivity contribution in [2.75, 3.05) is 108 Å². The van der Waals surface area contributed by atoms with E-state index in [-0.39, 0.29) is 108 Å². The molecule has 0 bridgehead atoms. The van der Waals surface area contributed by atoms with E-state index in [1.165, 1.54) is 0 Å². The largest absolute Gasteiger partial charge is 0.496 e. The number of esters is 1. The number of para-hydroxylation sites is 1. The Labute approximate surface area is 594 Å². The standard InChI is InChI=1S/C74H97N15O13/c1-6-7-12-29-77-71-70-59(79-50(4)80-71)27-32-88(70)46-55-22-19-52(41-62(55)97-5)43-87-44-53(45-87)42-66(93)102-48-51-20-23-56(24-21-51)81-72(94)60(17-13-30-78-74(75)96)82-73(95)67(49(2)3)83-64(91)28-33-98-35-37-100-39-40-101-38-36-99-34-31-76-63(90)25-26-65(92)89-47-54-14-8-9-15-57(54)68-69(85-86-84-68)58-16-10-11-18-61(58)89/h8-11,14-16,18-24,27,32,41,49,53,60,67H,6-7,12-13,17,25-26,28-31,33-40,42-48H2,1-5H3,(H,76,90)(H,81,94)(H,82,95)(H,83,91)(H3,75,78,96)(H,77,79,80)(H,84,85,86)/t60-,67-/m0/s1. The summed E-state index contributed by atoms with van der Waals surface area (Å²) in [4.78, 5) is 105. The van der Waals surface area contributed by atoms with E-state index in [1.54, 1.807) is 50.1 Å². The van der Waals surface area contributed by atoms with Crippen LogP contribution >= 0.6 is 0 Å². The molecule has 1 fully saturated rings. The molecule has 28 nitrogen and oxygen atoms in total. The minimum absolute atomic E-state index is 0.0139. The molecule has 9 N–H and O–H groups in total. The summed E-state index contributed by atoms with van der Waals surface area (Å²) in [6.45, 7) is 14.2. The number of urea groups is 1. The fraction of sp³-hybridized carbons (Fsp3) is 0.473. The van der Waals surface area contributed by atoms with Gasteiger partial charge in [-0.15, -0.1) is 0 Å². The lowest BCUT2D eigenvalue weighted by atomic mass is 9.95. The van der Waals surface area contributed by atoms with Gasteiger partial charge >= 0.3 is 12.0 Å². The summed E-state index contributed by atoms with van der Waals surface area (Å²) in [6.07, 6.45) is 6.14. The first-order valence-corrected chi connectivity index (χ1v) is 35.1. The van der Waals surface area contributed by atoms with Crippen LogP contribution in [0.4, 0.5) is 22.0 Å². The second-order valence-corrected chi connectivity index (χ2v) is 25.7. The number of nitrogens with zero attached hydrogens (tertiary/aromatic N) is 7. The Hall–Kier alpha value is -9.87. The van der Waals surface area contributed by atoms with Crippen LogP contribution in [0, 0.1) is 18.8 Å².